The van der Waals surface area contributed by atoms with Crippen LogP contribution in [0.5, 0.6) is 0 Å². The van der Waals surface area contributed by atoms with E-state index in [0.29, 0.717) is 6.42 Å². The van der Waals surface area contributed by atoms with E-state index < -0.39 is 5.97 Å². The Morgan fingerprint density at radius 2 is 1.53 bits per heavy atom. The molecule has 0 radical (unpaired) electrons. The number of halogens is 1. The number of hydrogen-bond acceptors (Lipinski definition) is 1. The van der Waals surface area contributed by atoms with Gasteiger partial charge in [-0.1, -0.05) is 18.9 Å². The Kier molecular flexibility index (Phi) is 9.72. The number of hydrogen-bond donors (Lipinski definition) is 1. The van der Waals surface area contributed by atoms with Crippen LogP contribution in [0, 0.1) is 0 Å². The fraction of sp³-hybridized carbons (Fsp3) is 0.538. The number of carbonyl (C=O) groups is 1. The third-order valence-corrected chi connectivity index (χ3v) is 2.58. The van der Waals surface area contributed by atoms with E-state index in [1.165, 1.54) is 12.8 Å². The summed E-state index contributed by atoms with van der Waals surface area (Å²) in [6, 6.07) is 6.09. The molecule has 0 aliphatic carbocycles. The second-order valence-electron chi connectivity index (χ2n) is 4.02. The molecule has 1 aromatic rings. The lowest BCUT2D eigenvalue weighted by molar-refractivity contribution is -0.697. The van der Waals surface area contributed by atoms with Gasteiger partial charge in [-0.15, -0.1) is 0 Å². The Balaban J connectivity index is 0.00000256. The van der Waals surface area contributed by atoms with E-state index in [2.05, 4.69) is 17.0 Å². The monoisotopic (exact) mass is 301 g/mol. The Morgan fingerprint density at radius 3 is 2.18 bits per heavy atom. The number of carboxylic acids is 1. The highest BCUT2D eigenvalue weighted by Crippen LogP contribution is 2.05. The van der Waals surface area contributed by atoms with E-state index in [1.54, 1.807) is 0 Å². The number of aliphatic carboxylic acids is 1. The maximum atomic E-state index is 10.3. The summed E-state index contributed by atoms with van der Waals surface area (Å²) in [5.74, 6) is -0.681. The van der Waals surface area contributed by atoms with Gasteiger partial charge in [0, 0.05) is 25.0 Å². The predicted octanol–water partition coefficient (Wildman–Crippen LogP) is -0.597. The largest absolute Gasteiger partial charge is 1.00 e. The van der Waals surface area contributed by atoms with Gasteiger partial charge >= 0.3 is 5.97 Å². The van der Waals surface area contributed by atoms with Gasteiger partial charge in [0.2, 0.25) is 0 Å². The molecule has 0 spiro atoms. The molecule has 0 bridgehead atoms. The van der Waals surface area contributed by atoms with Crippen molar-refractivity contribution in [2.75, 3.05) is 0 Å². The normalized spacial score (nSPS) is 9.65. The summed E-state index contributed by atoms with van der Waals surface area (Å²) in [5, 5.41) is 8.46. The Morgan fingerprint density at radius 1 is 0.941 bits per heavy atom. The molecular formula is C13H20BrNO2. The van der Waals surface area contributed by atoms with Crippen LogP contribution in [0.4, 0.5) is 0 Å². The summed E-state index contributed by atoms with van der Waals surface area (Å²) in [6.07, 6.45) is 9.80. The van der Waals surface area contributed by atoms with Crippen LogP contribution in [0.3, 0.4) is 0 Å². The number of carboxylic acid groups (broad SMARTS) is 1. The first-order chi connectivity index (χ1) is 7.79. The van der Waals surface area contributed by atoms with Gasteiger partial charge in [-0.25, -0.2) is 4.57 Å². The van der Waals surface area contributed by atoms with E-state index in [9.17, 15) is 4.79 Å². The molecule has 3 nitrogen and oxygen atoms in total. The first-order valence-corrected chi connectivity index (χ1v) is 5.95. The lowest BCUT2D eigenvalue weighted by Crippen LogP contribution is -3.00. The molecule has 0 aliphatic rings. The first-order valence-electron chi connectivity index (χ1n) is 5.95. The van der Waals surface area contributed by atoms with E-state index in [-0.39, 0.29) is 17.0 Å². The van der Waals surface area contributed by atoms with Crippen LogP contribution in [0.25, 0.3) is 0 Å². The zero-order chi connectivity index (χ0) is 11.6. The molecule has 17 heavy (non-hydrogen) atoms. The predicted molar refractivity (Wildman–Crippen MR) is 62.0 cm³/mol. The van der Waals surface area contributed by atoms with Crippen molar-refractivity contribution < 1.29 is 31.4 Å². The van der Waals surface area contributed by atoms with Gasteiger partial charge in [-0.05, 0) is 12.8 Å². The summed E-state index contributed by atoms with van der Waals surface area (Å²) in [4.78, 5) is 10.3. The summed E-state index contributed by atoms with van der Waals surface area (Å²) in [7, 11) is 0. The average molecular weight is 302 g/mol. The second-order valence-corrected chi connectivity index (χ2v) is 4.02. The maximum Gasteiger partial charge on any atom is 0.303 e. The molecule has 1 aromatic heterocycles. The zero-order valence-corrected chi connectivity index (χ0v) is 11.6. The van der Waals surface area contributed by atoms with E-state index in [4.69, 9.17) is 5.11 Å². The smallest absolute Gasteiger partial charge is 0.303 e. The van der Waals surface area contributed by atoms with Crippen molar-refractivity contribution >= 4 is 5.97 Å². The minimum atomic E-state index is -0.681. The standard InChI is InChI=1S/C13H19NO2.BrH/c15-13(16)9-5-2-1-3-6-10-14-11-7-4-8-12-14;/h4,7-8,11-12H,1-3,5-6,9-10H2;1H. The Hall–Kier alpha value is -0.900. The summed E-state index contributed by atoms with van der Waals surface area (Å²) in [5.41, 5.74) is 0. The number of aryl methyl sites for hydroxylation is 1. The lowest BCUT2D eigenvalue weighted by Gasteiger charge is -1.98. The fourth-order valence-corrected chi connectivity index (χ4v) is 1.68. The molecule has 96 valence electrons. The molecule has 1 N–H and O–H groups in total. The molecule has 0 fully saturated rings. The molecular weight excluding hydrogens is 282 g/mol. The minimum absolute atomic E-state index is 0. The van der Waals surface area contributed by atoms with Crippen LogP contribution >= 0.6 is 0 Å². The molecule has 0 amide bonds. The van der Waals surface area contributed by atoms with Gasteiger partial charge in [0.25, 0.3) is 0 Å². The van der Waals surface area contributed by atoms with Gasteiger partial charge in [0.15, 0.2) is 12.4 Å². The van der Waals surface area contributed by atoms with Gasteiger partial charge in [0.05, 0.1) is 0 Å². The summed E-state index contributed by atoms with van der Waals surface area (Å²) < 4.78 is 2.18. The molecule has 0 saturated heterocycles. The molecule has 0 atom stereocenters. The van der Waals surface area contributed by atoms with E-state index >= 15 is 0 Å². The topological polar surface area (TPSA) is 41.2 Å². The second kappa shape index (κ2) is 10.3. The lowest BCUT2D eigenvalue weighted by atomic mass is 10.1. The van der Waals surface area contributed by atoms with Crippen molar-refractivity contribution in [3.05, 3.63) is 30.6 Å². The van der Waals surface area contributed by atoms with Gasteiger partial charge < -0.3 is 22.1 Å². The molecule has 0 saturated carbocycles. The SMILES string of the molecule is O=C(O)CCCCCCC[n+]1ccccc1.[Br-]. The van der Waals surface area contributed by atoms with Crippen LogP contribution < -0.4 is 21.5 Å². The van der Waals surface area contributed by atoms with Crippen molar-refractivity contribution in [2.45, 2.75) is 45.1 Å². The number of rotatable bonds is 8. The molecule has 1 heterocycles. The van der Waals surface area contributed by atoms with Crippen molar-refractivity contribution in [3.63, 3.8) is 0 Å². The third kappa shape index (κ3) is 8.86. The fourth-order valence-electron chi connectivity index (χ4n) is 1.68. The van der Waals surface area contributed by atoms with Crippen molar-refractivity contribution in [2.24, 2.45) is 0 Å². The van der Waals surface area contributed by atoms with Gasteiger partial charge in [-0.3, -0.25) is 4.79 Å². The average Bonchev–Trinajstić information content (AvgIpc) is 2.29. The summed E-state index contributed by atoms with van der Waals surface area (Å²) in [6.45, 7) is 1.06. The highest BCUT2D eigenvalue weighted by atomic mass is 79.9. The van der Waals surface area contributed by atoms with Crippen LogP contribution in [0.1, 0.15) is 38.5 Å². The van der Waals surface area contributed by atoms with Gasteiger partial charge in [0.1, 0.15) is 6.54 Å². The number of pyridine rings is 1. The molecule has 4 heteroatoms. The molecule has 0 aromatic carbocycles. The molecule has 0 unspecified atom stereocenters. The first kappa shape index (κ1) is 16.1. The van der Waals surface area contributed by atoms with E-state index in [0.717, 1.165) is 25.8 Å². The minimum Gasteiger partial charge on any atom is -1.00 e. The van der Waals surface area contributed by atoms with Crippen molar-refractivity contribution in [1.82, 2.24) is 0 Å². The zero-order valence-electron chi connectivity index (χ0n) is 10.0. The summed E-state index contributed by atoms with van der Waals surface area (Å²) >= 11 is 0. The van der Waals surface area contributed by atoms with Crippen LogP contribution in [-0.2, 0) is 11.3 Å². The highest BCUT2D eigenvalue weighted by Gasteiger charge is 1.99. The quantitative estimate of drug-likeness (QED) is 0.515. The highest BCUT2D eigenvalue weighted by molar-refractivity contribution is 5.66. The van der Waals surface area contributed by atoms with Crippen LogP contribution in [0.2, 0.25) is 0 Å². The maximum absolute atomic E-state index is 10.3. The third-order valence-electron chi connectivity index (χ3n) is 2.58. The number of nitrogens with zero attached hydrogens (tertiary/aromatic N) is 1. The van der Waals surface area contributed by atoms with Gasteiger partial charge in [-0.2, -0.15) is 0 Å². The number of unbranched alkanes of at least 4 members (excludes halogenated alkanes) is 4. The Labute approximate surface area is 113 Å². The van der Waals surface area contributed by atoms with Crippen molar-refractivity contribution in [1.29, 1.82) is 0 Å². The van der Waals surface area contributed by atoms with Crippen LogP contribution in [0.15, 0.2) is 30.6 Å². The molecule has 1 rings (SSSR count). The number of aromatic nitrogens is 1. The van der Waals surface area contributed by atoms with E-state index in [1.807, 2.05) is 18.2 Å². The van der Waals surface area contributed by atoms with Crippen molar-refractivity contribution in [3.8, 4) is 0 Å². The van der Waals surface area contributed by atoms with Crippen LogP contribution in [-0.4, -0.2) is 11.1 Å². The molecule has 0 aliphatic heterocycles. The Bertz CT molecular complexity index is 304.